The minimum absolute atomic E-state index is 0.0209. The number of allylic oxidation sites excluding steroid dienone is 2. The van der Waals surface area contributed by atoms with E-state index in [1.807, 2.05) is 0 Å². The quantitative estimate of drug-likeness (QED) is 0.477. The van der Waals surface area contributed by atoms with Crippen molar-refractivity contribution in [3.05, 3.63) is 11.6 Å². The lowest BCUT2D eigenvalue weighted by Crippen LogP contribution is -2.54. The second kappa shape index (κ2) is 4.98. The molecule has 0 aromatic carbocycles. The van der Waals surface area contributed by atoms with Crippen molar-refractivity contribution in [2.75, 3.05) is 0 Å². The highest BCUT2D eigenvalue weighted by Gasteiger charge is 2.66. The summed E-state index contributed by atoms with van der Waals surface area (Å²) in [5, 5.41) is 0. The van der Waals surface area contributed by atoms with Crippen LogP contribution in [-0.2, 0) is 14.3 Å². The number of esters is 1. The van der Waals surface area contributed by atoms with E-state index in [1.54, 1.807) is 0 Å². The normalized spacial score (nSPS) is 51.6. The summed E-state index contributed by atoms with van der Waals surface area (Å²) in [4.78, 5) is 23.9. The number of carbonyl (C=O) groups excluding carboxylic acids is 2. The zero-order valence-corrected chi connectivity index (χ0v) is 15.6. The Morgan fingerprint density at radius 1 is 1.00 bits per heavy atom. The van der Waals surface area contributed by atoms with Crippen LogP contribution in [0.2, 0.25) is 0 Å². The number of Topliss-reactive ketones (excluding diaryl/α,β-unsaturated/α-hetero) is 1. The molecule has 6 atom stereocenters. The summed E-state index contributed by atoms with van der Waals surface area (Å²) in [6.45, 7) is 4.86. The summed E-state index contributed by atoms with van der Waals surface area (Å²) >= 11 is 0. The summed E-state index contributed by atoms with van der Waals surface area (Å²) < 4.78 is 6.01. The second-order valence-electron chi connectivity index (χ2n) is 9.94. The molecule has 0 aromatic heterocycles. The molecule has 4 aliphatic carbocycles. The Hall–Kier alpha value is -1.12. The Morgan fingerprint density at radius 2 is 1.80 bits per heavy atom. The van der Waals surface area contributed by atoms with E-state index in [0.717, 1.165) is 32.1 Å². The van der Waals surface area contributed by atoms with Gasteiger partial charge in [0.1, 0.15) is 11.4 Å². The molecule has 0 aromatic rings. The molecule has 136 valence electrons. The summed E-state index contributed by atoms with van der Waals surface area (Å²) in [6.07, 6.45) is 12.3. The molecule has 5 aliphatic rings. The van der Waals surface area contributed by atoms with Crippen molar-refractivity contribution in [1.82, 2.24) is 0 Å². The lowest BCUT2D eigenvalue weighted by molar-refractivity contribution is -0.167. The lowest BCUT2D eigenvalue weighted by Gasteiger charge is -2.58. The lowest BCUT2D eigenvalue weighted by atomic mass is 9.47. The van der Waals surface area contributed by atoms with Crippen LogP contribution in [0, 0.1) is 28.6 Å². The van der Waals surface area contributed by atoms with Crippen LogP contribution in [0.3, 0.4) is 0 Å². The van der Waals surface area contributed by atoms with Crippen LogP contribution >= 0.6 is 0 Å². The van der Waals surface area contributed by atoms with Gasteiger partial charge in [-0.2, -0.15) is 0 Å². The number of fused-ring (bicyclic) bond motifs is 6. The van der Waals surface area contributed by atoms with Crippen LogP contribution in [0.25, 0.3) is 0 Å². The van der Waals surface area contributed by atoms with Gasteiger partial charge in [0.15, 0.2) is 0 Å². The van der Waals surface area contributed by atoms with E-state index >= 15 is 0 Å². The van der Waals surface area contributed by atoms with Gasteiger partial charge >= 0.3 is 5.97 Å². The fourth-order valence-corrected chi connectivity index (χ4v) is 7.77. The minimum Gasteiger partial charge on any atom is -0.458 e. The summed E-state index contributed by atoms with van der Waals surface area (Å²) in [5.74, 6) is 2.54. The maximum atomic E-state index is 12.0. The van der Waals surface area contributed by atoms with Gasteiger partial charge in [-0.1, -0.05) is 25.5 Å². The van der Waals surface area contributed by atoms with Crippen molar-refractivity contribution in [3.8, 4) is 0 Å². The molecule has 3 heteroatoms. The van der Waals surface area contributed by atoms with Gasteiger partial charge < -0.3 is 4.74 Å². The van der Waals surface area contributed by atoms with E-state index < -0.39 is 0 Å². The van der Waals surface area contributed by atoms with Crippen molar-refractivity contribution < 1.29 is 14.3 Å². The van der Waals surface area contributed by atoms with E-state index in [-0.39, 0.29) is 22.4 Å². The first-order valence-electron chi connectivity index (χ1n) is 10.3. The van der Waals surface area contributed by atoms with E-state index in [9.17, 15) is 9.59 Å². The first-order valence-corrected chi connectivity index (χ1v) is 10.3. The monoisotopic (exact) mass is 342 g/mol. The van der Waals surface area contributed by atoms with Crippen molar-refractivity contribution in [2.24, 2.45) is 28.6 Å². The number of hydrogen-bond acceptors (Lipinski definition) is 3. The molecule has 1 spiro atoms. The zero-order valence-electron chi connectivity index (χ0n) is 15.6. The maximum Gasteiger partial charge on any atom is 0.306 e. The van der Waals surface area contributed by atoms with Gasteiger partial charge in [-0.3, -0.25) is 9.59 Å². The van der Waals surface area contributed by atoms with Gasteiger partial charge in [0.05, 0.1) is 0 Å². The molecule has 0 N–H and O–H groups in total. The van der Waals surface area contributed by atoms with Crippen molar-refractivity contribution >= 4 is 11.8 Å². The molecular formula is C22H30O3. The molecule has 5 rings (SSSR count). The molecule has 0 amide bonds. The summed E-state index contributed by atoms with van der Waals surface area (Å²) in [7, 11) is 0. The number of carbonyl (C=O) groups is 2. The standard InChI is InChI=1S/C22H30O3/c1-20-9-5-15(23)13-14(20)3-4-16-17(20)6-10-21(2)18(16)7-11-22(21)12-8-19(24)25-22/h3,16-18H,4-13H2,1-2H3/t16?,17?,18?,20-,21-,22+/m0/s1. The van der Waals surface area contributed by atoms with E-state index in [2.05, 4.69) is 19.9 Å². The topological polar surface area (TPSA) is 43.4 Å². The predicted molar refractivity (Wildman–Crippen MR) is 94.8 cm³/mol. The van der Waals surface area contributed by atoms with Crippen molar-refractivity contribution in [1.29, 1.82) is 0 Å². The third-order valence-corrected chi connectivity index (χ3v) is 9.27. The molecule has 0 bridgehead atoms. The van der Waals surface area contributed by atoms with Gasteiger partial charge in [0.2, 0.25) is 0 Å². The fraction of sp³-hybridized carbons (Fsp3) is 0.818. The SMILES string of the molecule is C[C@]12CCC(=O)CC1=CCC1C2CC[C@@]2(C)C1CC[C@@]21CCC(=O)O1. The van der Waals surface area contributed by atoms with Crippen molar-refractivity contribution in [3.63, 3.8) is 0 Å². The molecule has 3 saturated carbocycles. The average molecular weight is 342 g/mol. The van der Waals surface area contributed by atoms with E-state index in [0.29, 0.717) is 36.4 Å². The Kier molecular flexibility index (Phi) is 3.21. The molecule has 3 unspecified atom stereocenters. The van der Waals surface area contributed by atoms with Gasteiger partial charge in [0.25, 0.3) is 0 Å². The van der Waals surface area contributed by atoms with Crippen LogP contribution in [0.15, 0.2) is 11.6 Å². The Labute approximate surface area is 150 Å². The van der Waals surface area contributed by atoms with Gasteiger partial charge in [-0.05, 0) is 68.1 Å². The van der Waals surface area contributed by atoms with Crippen LogP contribution < -0.4 is 0 Å². The van der Waals surface area contributed by atoms with Gasteiger partial charge in [0, 0.05) is 24.7 Å². The Morgan fingerprint density at radius 3 is 2.56 bits per heavy atom. The highest BCUT2D eigenvalue weighted by atomic mass is 16.6. The Bertz CT molecular complexity index is 679. The minimum atomic E-state index is -0.173. The third-order valence-electron chi connectivity index (χ3n) is 9.27. The van der Waals surface area contributed by atoms with Crippen molar-refractivity contribution in [2.45, 2.75) is 83.7 Å². The number of hydrogen-bond donors (Lipinski definition) is 0. The number of rotatable bonds is 0. The smallest absolute Gasteiger partial charge is 0.306 e. The summed E-state index contributed by atoms with van der Waals surface area (Å²) in [5.41, 5.74) is 1.66. The molecule has 3 nitrogen and oxygen atoms in total. The first kappa shape index (κ1) is 16.1. The molecule has 1 heterocycles. The molecule has 1 aliphatic heterocycles. The first-order chi connectivity index (χ1) is 11.9. The predicted octanol–water partition coefficient (Wildman–Crippen LogP) is 4.59. The molecule has 25 heavy (non-hydrogen) atoms. The van der Waals surface area contributed by atoms with Crippen LogP contribution in [0.5, 0.6) is 0 Å². The second-order valence-corrected chi connectivity index (χ2v) is 9.94. The average Bonchev–Trinajstić information content (AvgIpc) is 3.10. The van der Waals surface area contributed by atoms with Crippen LogP contribution in [-0.4, -0.2) is 17.4 Å². The molecule has 4 fully saturated rings. The van der Waals surface area contributed by atoms with Gasteiger partial charge in [-0.15, -0.1) is 0 Å². The fourth-order valence-electron chi connectivity index (χ4n) is 7.77. The van der Waals surface area contributed by atoms with Gasteiger partial charge in [-0.25, -0.2) is 0 Å². The molecule has 1 saturated heterocycles. The zero-order chi connectivity index (χ0) is 17.4. The van der Waals surface area contributed by atoms with Crippen LogP contribution in [0.4, 0.5) is 0 Å². The largest absolute Gasteiger partial charge is 0.458 e. The Balaban J connectivity index is 1.50. The van der Waals surface area contributed by atoms with E-state index in [4.69, 9.17) is 4.74 Å². The van der Waals surface area contributed by atoms with E-state index in [1.165, 1.54) is 24.8 Å². The number of ketones is 1. The van der Waals surface area contributed by atoms with Crippen LogP contribution in [0.1, 0.15) is 78.1 Å². The molecule has 0 radical (unpaired) electrons. The highest BCUT2D eigenvalue weighted by Crippen LogP contribution is 2.69. The summed E-state index contributed by atoms with van der Waals surface area (Å²) in [6, 6.07) is 0. The third kappa shape index (κ3) is 1.93. The highest BCUT2D eigenvalue weighted by molar-refractivity contribution is 5.82. The molecular weight excluding hydrogens is 312 g/mol. The number of ether oxygens (including phenoxy) is 1. The maximum absolute atomic E-state index is 12.0.